The van der Waals surface area contributed by atoms with E-state index in [0.717, 1.165) is 28.1 Å². The minimum atomic E-state index is -1.21. The number of para-hydroxylation sites is 1. The third-order valence-corrected chi connectivity index (χ3v) is 6.02. The molecule has 0 aliphatic carbocycles. The summed E-state index contributed by atoms with van der Waals surface area (Å²) in [5.41, 5.74) is 0.984. The van der Waals surface area contributed by atoms with Gasteiger partial charge in [-0.05, 0) is 30.9 Å². The summed E-state index contributed by atoms with van der Waals surface area (Å²) in [5.74, 6) is -1.42. The number of amides is 2. The maximum absolute atomic E-state index is 12.9. The number of thiazole rings is 1. The molecule has 1 fully saturated rings. The third-order valence-electron chi connectivity index (χ3n) is 4.96. The first kappa shape index (κ1) is 21.7. The summed E-state index contributed by atoms with van der Waals surface area (Å²) in [6, 6.07) is 6.90. The molecular weight excluding hydrogens is 357 g/mol. The molecule has 0 saturated carbocycles. The number of urea groups is 1. The maximum Gasteiger partial charge on any atom is 1.00 e. The van der Waals surface area contributed by atoms with Gasteiger partial charge in [0.25, 0.3) is 0 Å². The van der Waals surface area contributed by atoms with Crippen molar-refractivity contribution in [3.8, 4) is 0 Å². The first-order valence-electron chi connectivity index (χ1n) is 8.97. The van der Waals surface area contributed by atoms with Crippen molar-refractivity contribution in [2.24, 2.45) is 5.92 Å². The Morgan fingerprint density at radius 1 is 1.37 bits per heavy atom. The average Bonchev–Trinajstić information content (AvgIpc) is 3.19. The molecule has 0 radical (unpaired) electrons. The standard InChI is InChI=1S/C19H25N3O3S.Li/c1-12(2)17(18(23)24)21(3)19(25)22-10-6-7-13(22)11-16-20-14-8-4-5-9-15(14)26-16;/h4-5,8-9,12-13,17H,6-7,10-11H2,1-3H3,(H,23,24);/q;+1/p-1/t13-,17+;/m1./s1. The van der Waals surface area contributed by atoms with Crippen molar-refractivity contribution in [2.75, 3.05) is 13.6 Å². The van der Waals surface area contributed by atoms with E-state index in [-0.39, 0.29) is 36.9 Å². The average molecular weight is 381 g/mol. The van der Waals surface area contributed by atoms with E-state index in [1.807, 2.05) is 18.2 Å². The normalized spacial score (nSPS) is 17.8. The Hall–Kier alpha value is -1.55. The van der Waals surface area contributed by atoms with Crippen LogP contribution in [-0.4, -0.2) is 52.5 Å². The van der Waals surface area contributed by atoms with Crippen LogP contribution >= 0.6 is 11.3 Å². The Morgan fingerprint density at radius 2 is 2.07 bits per heavy atom. The number of hydrogen-bond donors (Lipinski definition) is 0. The molecule has 1 aromatic carbocycles. The molecule has 3 rings (SSSR count). The number of rotatable bonds is 5. The number of carbonyl (C=O) groups excluding carboxylic acids is 2. The third kappa shape index (κ3) is 4.65. The Labute approximate surface area is 175 Å². The number of hydrogen-bond acceptors (Lipinski definition) is 5. The van der Waals surface area contributed by atoms with Gasteiger partial charge in [-0.25, -0.2) is 9.78 Å². The Morgan fingerprint density at radius 3 is 2.70 bits per heavy atom. The van der Waals surface area contributed by atoms with Crippen LogP contribution < -0.4 is 24.0 Å². The van der Waals surface area contributed by atoms with E-state index in [1.165, 1.54) is 4.90 Å². The molecule has 2 heterocycles. The number of carbonyl (C=O) groups is 2. The van der Waals surface area contributed by atoms with E-state index in [2.05, 4.69) is 11.1 Å². The van der Waals surface area contributed by atoms with Crippen LogP contribution in [0.4, 0.5) is 4.79 Å². The Bertz CT molecular complexity index is 777. The van der Waals surface area contributed by atoms with Crippen LogP contribution in [0, 0.1) is 5.92 Å². The molecule has 2 atom stereocenters. The second-order valence-corrected chi connectivity index (χ2v) is 8.29. The fourth-order valence-corrected chi connectivity index (χ4v) is 4.75. The molecule has 6 nitrogen and oxygen atoms in total. The fourth-order valence-electron chi connectivity index (χ4n) is 3.71. The van der Waals surface area contributed by atoms with E-state index in [0.29, 0.717) is 13.0 Å². The van der Waals surface area contributed by atoms with Crippen molar-refractivity contribution in [3.63, 3.8) is 0 Å². The summed E-state index contributed by atoms with van der Waals surface area (Å²) in [5, 5.41) is 12.5. The van der Waals surface area contributed by atoms with E-state index < -0.39 is 12.0 Å². The summed E-state index contributed by atoms with van der Waals surface area (Å²) < 4.78 is 1.15. The predicted molar refractivity (Wildman–Crippen MR) is 99.8 cm³/mol. The molecule has 1 saturated heterocycles. The molecule has 0 N–H and O–H groups in total. The SMILES string of the molecule is CC(C)[C@@H](C(=O)[O-])N(C)C(=O)N1CCC[C@@H]1Cc1nc2ccccc2s1.[Li+]. The summed E-state index contributed by atoms with van der Waals surface area (Å²) in [6.45, 7) is 4.22. The van der Waals surface area contributed by atoms with Crippen LogP contribution in [0.25, 0.3) is 10.2 Å². The van der Waals surface area contributed by atoms with Gasteiger partial charge < -0.3 is 19.7 Å². The molecule has 2 amide bonds. The van der Waals surface area contributed by atoms with E-state index in [4.69, 9.17) is 0 Å². The van der Waals surface area contributed by atoms with Crippen LogP contribution in [0.5, 0.6) is 0 Å². The Kier molecular flexibility index (Phi) is 7.32. The van der Waals surface area contributed by atoms with Gasteiger partial charge >= 0.3 is 24.9 Å². The molecule has 0 spiro atoms. The van der Waals surface area contributed by atoms with Crippen molar-refractivity contribution in [3.05, 3.63) is 29.3 Å². The van der Waals surface area contributed by atoms with Gasteiger partial charge in [-0.2, -0.15) is 0 Å². The van der Waals surface area contributed by atoms with Gasteiger partial charge in [0, 0.05) is 26.1 Å². The van der Waals surface area contributed by atoms with Gasteiger partial charge in [0.05, 0.1) is 27.2 Å². The number of fused-ring (bicyclic) bond motifs is 1. The first-order valence-corrected chi connectivity index (χ1v) is 9.79. The van der Waals surface area contributed by atoms with E-state index in [9.17, 15) is 14.7 Å². The van der Waals surface area contributed by atoms with Crippen molar-refractivity contribution in [1.82, 2.24) is 14.8 Å². The second kappa shape index (κ2) is 9.09. The van der Waals surface area contributed by atoms with Gasteiger partial charge in [-0.3, -0.25) is 0 Å². The molecular formula is C19H24LiN3O3S. The van der Waals surface area contributed by atoms with E-state index >= 15 is 0 Å². The zero-order chi connectivity index (χ0) is 18.8. The topological polar surface area (TPSA) is 76.6 Å². The molecule has 0 bridgehead atoms. The molecule has 27 heavy (non-hydrogen) atoms. The summed E-state index contributed by atoms with van der Waals surface area (Å²) in [4.78, 5) is 32.1. The van der Waals surface area contributed by atoms with Crippen LogP contribution in [0.1, 0.15) is 31.7 Å². The molecule has 1 aliphatic heterocycles. The molecule has 1 aliphatic rings. The number of benzene rings is 1. The minimum Gasteiger partial charge on any atom is -0.548 e. The molecule has 8 heteroatoms. The van der Waals surface area contributed by atoms with Gasteiger partial charge in [0.15, 0.2) is 0 Å². The second-order valence-electron chi connectivity index (χ2n) is 7.17. The number of nitrogens with zero attached hydrogens (tertiary/aromatic N) is 3. The fraction of sp³-hybridized carbons (Fsp3) is 0.526. The minimum absolute atomic E-state index is 0. The zero-order valence-electron chi connectivity index (χ0n) is 16.3. The van der Waals surface area contributed by atoms with Crippen LogP contribution in [0.2, 0.25) is 0 Å². The number of carboxylic acid groups (broad SMARTS) is 1. The largest absolute Gasteiger partial charge is 1.00 e. The van der Waals surface area contributed by atoms with Crippen LogP contribution in [0.15, 0.2) is 24.3 Å². The predicted octanol–water partition coefficient (Wildman–Crippen LogP) is -0.866. The van der Waals surface area contributed by atoms with Crippen molar-refractivity contribution in [1.29, 1.82) is 0 Å². The zero-order valence-corrected chi connectivity index (χ0v) is 17.2. The monoisotopic (exact) mass is 381 g/mol. The maximum atomic E-state index is 12.9. The summed E-state index contributed by atoms with van der Waals surface area (Å²) in [6.07, 6.45) is 2.54. The molecule has 0 unspecified atom stereocenters. The quantitative estimate of drug-likeness (QED) is 0.631. The van der Waals surface area contributed by atoms with Gasteiger partial charge in [0.2, 0.25) is 0 Å². The number of carboxylic acids is 1. The van der Waals surface area contributed by atoms with Crippen molar-refractivity contribution >= 4 is 33.6 Å². The van der Waals surface area contributed by atoms with Gasteiger partial charge in [-0.15, -0.1) is 11.3 Å². The first-order chi connectivity index (χ1) is 12.4. The molecule has 1 aromatic heterocycles. The van der Waals surface area contributed by atoms with E-state index in [1.54, 1.807) is 37.1 Å². The Balaban J connectivity index is 0.00000261. The summed E-state index contributed by atoms with van der Waals surface area (Å²) in [7, 11) is 1.55. The van der Waals surface area contributed by atoms with Crippen LogP contribution in [0.3, 0.4) is 0 Å². The van der Waals surface area contributed by atoms with Crippen LogP contribution in [-0.2, 0) is 11.2 Å². The molecule has 140 valence electrons. The summed E-state index contributed by atoms with van der Waals surface area (Å²) >= 11 is 1.66. The smallest absolute Gasteiger partial charge is 0.548 e. The van der Waals surface area contributed by atoms with Crippen molar-refractivity contribution in [2.45, 2.75) is 45.2 Å². The number of aliphatic carboxylic acids is 1. The van der Waals surface area contributed by atoms with Crippen molar-refractivity contribution < 1.29 is 33.6 Å². The number of likely N-dealkylation sites (tertiary alicyclic amines) is 1. The number of likely N-dealkylation sites (N-methyl/N-ethyl adjacent to an activating group) is 1. The number of aromatic nitrogens is 1. The van der Waals surface area contributed by atoms with Gasteiger partial charge in [0.1, 0.15) is 0 Å². The van der Waals surface area contributed by atoms with Gasteiger partial charge in [-0.1, -0.05) is 26.0 Å². The molecule has 2 aromatic rings.